The number of hydrogen-bond acceptors (Lipinski definition) is 7. The van der Waals surface area contributed by atoms with Gasteiger partial charge in [-0.25, -0.2) is 4.57 Å². The summed E-state index contributed by atoms with van der Waals surface area (Å²) in [6.07, 6.45) is 43.3. The number of ether oxygens (including phenoxy) is 1. The first-order valence-electron chi connectivity index (χ1n) is 20.6. The van der Waals surface area contributed by atoms with E-state index in [1.165, 1.54) is 83.5 Å². The number of esters is 1. The molecule has 0 bridgehead atoms. The first-order valence-corrected chi connectivity index (χ1v) is 22.1. The number of nitrogens with one attached hydrogen (secondary N) is 1. The van der Waals surface area contributed by atoms with Gasteiger partial charge in [-0.15, -0.1) is 0 Å². The normalized spacial score (nSPS) is 13.8. The molecule has 0 radical (unpaired) electrons. The van der Waals surface area contributed by atoms with Crippen molar-refractivity contribution in [2.24, 2.45) is 0 Å². The molecule has 0 heterocycles. The summed E-state index contributed by atoms with van der Waals surface area (Å²) in [5.74, 6) is -0.558. The van der Waals surface area contributed by atoms with Gasteiger partial charge in [0.25, 0.3) is 0 Å². The van der Waals surface area contributed by atoms with Crippen molar-refractivity contribution in [1.29, 1.82) is 0 Å². The fourth-order valence-electron chi connectivity index (χ4n) is 5.43. The van der Waals surface area contributed by atoms with Crippen LogP contribution in [0.1, 0.15) is 174 Å². The van der Waals surface area contributed by atoms with E-state index in [0.717, 1.165) is 64.2 Å². The summed E-state index contributed by atoms with van der Waals surface area (Å²) in [7, 11) is -4.42. The molecule has 0 aromatic rings. The van der Waals surface area contributed by atoms with E-state index < -0.39 is 26.5 Å². The number of unbranched alkanes of at least 4 members (excludes halogenated alkanes) is 17. The van der Waals surface area contributed by atoms with Crippen molar-refractivity contribution in [3.8, 4) is 0 Å². The van der Waals surface area contributed by atoms with E-state index in [4.69, 9.17) is 13.8 Å². The fraction of sp³-hybridized carbons (Fsp3) is 0.762. The number of amides is 1. The Bertz CT molecular complexity index is 996. The number of phosphoric ester groups is 1. The summed E-state index contributed by atoms with van der Waals surface area (Å²) < 4.78 is 26.8. The highest BCUT2D eigenvalue weighted by atomic mass is 31.2. The van der Waals surface area contributed by atoms with E-state index in [0.29, 0.717) is 6.42 Å². The molecule has 0 saturated carbocycles. The predicted molar refractivity (Wildman–Crippen MR) is 215 cm³/mol. The molecule has 0 aromatic heterocycles. The summed E-state index contributed by atoms with van der Waals surface area (Å²) in [5.41, 5.74) is 0. The summed E-state index contributed by atoms with van der Waals surface area (Å²) in [6.45, 7) is 3.39. The predicted octanol–water partition coefficient (Wildman–Crippen LogP) is 11.2. The number of hydrogen-bond donors (Lipinski definition) is 3. The lowest BCUT2D eigenvalue weighted by atomic mass is 10.0. The van der Waals surface area contributed by atoms with Gasteiger partial charge in [0.2, 0.25) is 5.91 Å². The Labute approximate surface area is 317 Å². The molecular formula is C42H76NO8P. The molecule has 3 N–H and O–H groups in total. The second-order valence-electron chi connectivity index (χ2n) is 13.6. The number of phosphoric acid groups is 1. The Kier molecular flexibility index (Phi) is 37.2. The van der Waals surface area contributed by atoms with Crippen molar-refractivity contribution in [2.75, 3.05) is 26.4 Å². The molecule has 0 aliphatic heterocycles. The van der Waals surface area contributed by atoms with E-state index in [1.807, 2.05) is 0 Å². The average Bonchev–Trinajstić information content (AvgIpc) is 3.13. The number of allylic oxidation sites excluding steroid dienone is 8. The maximum absolute atomic E-state index is 12.1. The highest BCUT2D eigenvalue weighted by molar-refractivity contribution is 7.47. The van der Waals surface area contributed by atoms with Crippen LogP contribution in [0.5, 0.6) is 0 Å². The van der Waals surface area contributed by atoms with Crippen molar-refractivity contribution >= 4 is 19.7 Å². The quantitative estimate of drug-likeness (QED) is 0.0246. The monoisotopic (exact) mass is 754 g/mol. The zero-order valence-corrected chi connectivity index (χ0v) is 33.9. The van der Waals surface area contributed by atoms with Gasteiger partial charge in [0, 0.05) is 19.4 Å². The zero-order valence-electron chi connectivity index (χ0n) is 33.0. The molecule has 0 aliphatic rings. The second kappa shape index (κ2) is 38.7. The van der Waals surface area contributed by atoms with Gasteiger partial charge < -0.3 is 20.1 Å². The first-order chi connectivity index (χ1) is 25.3. The summed E-state index contributed by atoms with van der Waals surface area (Å²) >= 11 is 0. The van der Waals surface area contributed by atoms with Gasteiger partial charge in [-0.3, -0.25) is 18.6 Å². The van der Waals surface area contributed by atoms with Crippen LogP contribution < -0.4 is 5.32 Å². The van der Waals surface area contributed by atoms with E-state index in [1.54, 1.807) is 0 Å². The highest BCUT2D eigenvalue weighted by Gasteiger charge is 2.23. The van der Waals surface area contributed by atoms with Gasteiger partial charge in [0.1, 0.15) is 12.7 Å². The molecule has 0 aromatic carbocycles. The largest absolute Gasteiger partial charge is 0.472 e. The van der Waals surface area contributed by atoms with Crippen molar-refractivity contribution in [1.82, 2.24) is 5.32 Å². The van der Waals surface area contributed by atoms with Crippen LogP contribution >= 0.6 is 7.82 Å². The van der Waals surface area contributed by atoms with Gasteiger partial charge in [0.15, 0.2) is 0 Å². The summed E-state index contributed by atoms with van der Waals surface area (Å²) in [6, 6.07) is 0. The topological polar surface area (TPSA) is 131 Å². The second-order valence-corrected chi connectivity index (χ2v) is 15.0. The average molecular weight is 754 g/mol. The third-order valence-electron chi connectivity index (χ3n) is 8.52. The van der Waals surface area contributed by atoms with Crippen LogP contribution in [0.25, 0.3) is 0 Å². The lowest BCUT2D eigenvalue weighted by molar-refractivity contribution is -0.147. The van der Waals surface area contributed by atoms with Crippen LogP contribution in [0.4, 0.5) is 0 Å². The summed E-state index contributed by atoms with van der Waals surface area (Å²) in [4.78, 5) is 33.8. The van der Waals surface area contributed by atoms with Crippen molar-refractivity contribution in [3.63, 3.8) is 0 Å². The SMILES string of the molecule is CC/C=C\C/C=C\C/C=C\C/C=C\CCCCC(=O)NCCOP(=O)(O)OCC(O)COC(=O)CCCCCCCCCCCCCCCCCC. The molecule has 10 heteroatoms. The Morgan fingerprint density at radius 2 is 1.10 bits per heavy atom. The van der Waals surface area contributed by atoms with Crippen molar-refractivity contribution in [3.05, 3.63) is 48.6 Å². The van der Waals surface area contributed by atoms with E-state index >= 15 is 0 Å². The standard InChI is InChI=1S/C42H76NO8P/c1-3-5-7-9-11-13-15-17-19-21-23-25-27-29-31-33-35-42(46)49-38-40(44)39-51-52(47,48)50-37-36-43-41(45)34-32-30-28-26-24-22-20-18-16-14-12-10-8-6-4-2/h6,8,12,14,18,20,24,26,40,44H,3-5,7,9-11,13,15-17,19,21-23,25,27-39H2,1-2H3,(H,43,45)(H,47,48)/b8-6-,14-12-,20-18-,26-24-. The summed E-state index contributed by atoms with van der Waals surface area (Å²) in [5, 5.41) is 12.6. The van der Waals surface area contributed by atoms with Crippen LogP contribution in [-0.2, 0) is 27.9 Å². The van der Waals surface area contributed by atoms with Crippen LogP contribution in [0, 0.1) is 0 Å². The van der Waals surface area contributed by atoms with Crippen LogP contribution in [0.15, 0.2) is 48.6 Å². The van der Waals surface area contributed by atoms with Crippen molar-refractivity contribution in [2.45, 2.75) is 180 Å². The number of aliphatic hydroxyl groups is 1. The lowest BCUT2D eigenvalue weighted by Crippen LogP contribution is -2.27. The van der Waals surface area contributed by atoms with Crippen LogP contribution in [-0.4, -0.2) is 54.3 Å². The Hall–Kier alpha value is -2.03. The zero-order chi connectivity index (χ0) is 38.2. The molecule has 0 aliphatic carbocycles. The molecule has 0 saturated heterocycles. The smallest absolute Gasteiger partial charge is 0.463 e. The Morgan fingerprint density at radius 1 is 0.615 bits per heavy atom. The maximum Gasteiger partial charge on any atom is 0.472 e. The first kappa shape index (κ1) is 50.0. The molecule has 0 spiro atoms. The van der Waals surface area contributed by atoms with Gasteiger partial charge in [0.05, 0.1) is 13.2 Å². The molecule has 9 nitrogen and oxygen atoms in total. The van der Waals surface area contributed by atoms with Crippen LogP contribution in [0.2, 0.25) is 0 Å². The Balaban J connectivity index is 3.65. The molecule has 302 valence electrons. The Morgan fingerprint density at radius 3 is 1.63 bits per heavy atom. The highest BCUT2D eigenvalue weighted by Crippen LogP contribution is 2.42. The van der Waals surface area contributed by atoms with E-state index in [9.17, 15) is 24.2 Å². The van der Waals surface area contributed by atoms with Crippen LogP contribution in [0.3, 0.4) is 0 Å². The minimum Gasteiger partial charge on any atom is -0.463 e. The maximum atomic E-state index is 12.1. The molecule has 1 amide bonds. The molecule has 2 atom stereocenters. The van der Waals surface area contributed by atoms with Gasteiger partial charge in [-0.1, -0.05) is 159 Å². The molecular weight excluding hydrogens is 677 g/mol. The van der Waals surface area contributed by atoms with Crippen molar-refractivity contribution < 1.29 is 37.9 Å². The lowest BCUT2D eigenvalue weighted by Gasteiger charge is -2.15. The molecule has 52 heavy (non-hydrogen) atoms. The van der Waals surface area contributed by atoms with E-state index in [2.05, 4.69) is 67.8 Å². The molecule has 2 unspecified atom stereocenters. The van der Waals surface area contributed by atoms with E-state index in [-0.39, 0.29) is 32.1 Å². The third kappa shape index (κ3) is 39.2. The molecule has 0 fully saturated rings. The number of carbonyl (C=O) groups is 2. The third-order valence-corrected chi connectivity index (χ3v) is 9.51. The fourth-order valence-corrected chi connectivity index (χ4v) is 6.19. The number of aliphatic hydroxyl groups excluding tert-OH is 1. The minimum atomic E-state index is -4.42. The number of rotatable bonds is 38. The number of carbonyl (C=O) groups excluding carboxylic acids is 2. The van der Waals surface area contributed by atoms with Gasteiger partial charge >= 0.3 is 13.8 Å². The molecule has 0 rings (SSSR count). The van der Waals surface area contributed by atoms with Gasteiger partial charge in [-0.05, 0) is 51.4 Å². The van der Waals surface area contributed by atoms with Gasteiger partial charge in [-0.2, -0.15) is 0 Å². The minimum absolute atomic E-state index is 0.0587.